The van der Waals surface area contributed by atoms with Crippen LogP contribution in [0, 0.1) is 0 Å². The smallest absolute Gasteiger partial charge is 0.119 e. The molecule has 3 nitrogen and oxygen atoms in total. The van der Waals surface area contributed by atoms with E-state index in [0.29, 0.717) is 13.2 Å². The van der Waals surface area contributed by atoms with Crippen LogP contribution >= 0.6 is 0 Å². The van der Waals surface area contributed by atoms with Gasteiger partial charge in [0.2, 0.25) is 0 Å². The third-order valence-electron chi connectivity index (χ3n) is 2.70. The molecule has 2 aromatic rings. The van der Waals surface area contributed by atoms with Crippen LogP contribution in [0.4, 0.5) is 0 Å². The molecule has 0 amide bonds. The second kappa shape index (κ2) is 7.10. The average Bonchev–Trinajstić information content (AvgIpc) is 2.49. The minimum absolute atomic E-state index is 0.626. The fourth-order valence-corrected chi connectivity index (χ4v) is 2.83. The summed E-state index contributed by atoms with van der Waals surface area (Å²) < 4.78 is 23.2. The molecule has 106 valence electrons. The quantitative estimate of drug-likeness (QED) is 0.814. The van der Waals surface area contributed by atoms with Crippen molar-refractivity contribution in [2.45, 2.75) is 23.6 Å². The van der Waals surface area contributed by atoms with E-state index < -0.39 is 10.8 Å². The van der Waals surface area contributed by atoms with E-state index in [2.05, 4.69) is 0 Å². The first-order valence-electron chi connectivity index (χ1n) is 6.62. The molecular formula is C16H18O3S. The molecule has 0 spiro atoms. The molecule has 0 saturated heterocycles. The summed E-state index contributed by atoms with van der Waals surface area (Å²) >= 11 is 0. The molecule has 2 aromatic carbocycles. The lowest BCUT2D eigenvalue weighted by Crippen LogP contribution is -1.96. The van der Waals surface area contributed by atoms with Crippen molar-refractivity contribution in [3.8, 4) is 11.5 Å². The Kier molecular flexibility index (Phi) is 5.18. The minimum Gasteiger partial charge on any atom is -0.494 e. The van der Waals surface area contributed by atoms with Crippen LogP contribution in [0.15, 0.2) is 58.3 Å². The standard InChI is InChI=1S/C16H18O3S/c1-3-18-13-5-9-15(10-6-13)20(17)16-11-7-14(8-12-16)19-4-2/h5-12H,3-4H2,1-2H3. The van der Waals surface area contributed by atoms with Gasteiger partial charge in [-0.2, -0.15) is 0 Å². The highest BCUT2D eigenvalue weighted by atomic mass is 32.2. The van der Waals surface area contributed by atoms with Crippen molar-refractivity contribution < 1.29 is 13.7 Å². The van der Waals surface area contributed by atoms with Crippen LogP contribution in [-0.4, -0.2) is 17.4 Å². The summed E-state index contributed by atoms with van der Waals surface area (Å²) in [6, 6.07) is 14.7. The van der Waals surface area contributed by atoms with Gasteiger partial charge < -0.3 is 9.47 Å². The second-order valence-corrected chi connectivity index (χ2v) is 5.56. The highest BCUT2D eigenvalue weighted by molar-refractivity contribution is 7.85. The van der Waals surface area contributed by atoms with Gasteiger partial charge in [-0.1, -0.05) is 0 Å². The van der Waals surface area contributed by atoms with Gasteiger partial charge in [0, 0.05) is 9.79 Å². The molecule has 2 rings (SSSR count). The molecule has 0 fully saturated rings. The van der Waals surface area contributed by atoms with E-state index in [-0.39, 0.29) is 0 Å². The molecule has 0 aliphatic rings. The van der Waals surface area contributed by atoms with Crippen LogP contribution in [0.3, 0.4) is 0 Å². The summed E-state index contributed by atoms with van der Waals surface area (Å²) in [7, 11) is -1.18. The Morgan fingerprint density at radius 3 is 1.40 bits per heavy atom. The van der Waals surface area contributed by atoms with Crippen molar-refractivity contribution in [3.63, 3.8) is 0 Å². The van der Waals surface area contributed by atoms with Gasteiger partial charge in [-0.15, -0.1) is 0 Å². The van der Waals surface area contributed by atoms with Crippen LogP contribution in [-0.2, 0) is 10.8 Å². The summed E-state index contributed by atoms with van der Waals surface area (Å²) in [5.74, 6) is 1.58. The molecule has 0 radical (unpaired) electrons. The maximum Gasteiger partial charge on any atom is 0.119 e. The third kappa shape index (κ3) is 3.61. The average molecular weight is 290 g/mol. The van der Waals surface area contributed by atoms with Gasteiger partial charge >= 0.3 is 0 Å². The zero-order valence-corrected chi connectivity index (χ0v) is 12.5. The largest absolute Gasteiger partial charge is 0.494 e. The SMILES string of the molecule is CCOc1ccc(S(=O)c2ccc(OCC)cc2)cc1. The van der Waals surface area contributed by atoms with Gasteiger partial charge in [0.15, 0.2) is 0 Å². The Bertz CT molecular complexity index is 510. The van der Waals surface area contributed by atoms with Crippen LogP contribution in [0.25, 0.3) is 0 Å². The van der Waals surface area contributed by atoms with E-state index in [1.54, 1.807) is 0 Å². The fraction of sp³-hybridized carbons (Fsp3) is 0.250. The normalized spacial score (nSPS) is 10.6. The number of hydrogen-bond donors (Lipinski definition) is 0. The molecule has 0 bridgehead atoms. The van der Waals surface area contributed by atoms with Crippen LogP contribution in [0.2, 0.25) is 0 Å². The monoisotopic (exact) mass is 290 g/mol. The molecule has 0 saturated carbocycles. The number of benzene rings is 2. The maximum atomic E-state index is 12.4. The highest BCUT2D eigenvalue weighted by Crippen LogP contribution is 2.21. The molecule has 0 heterocycles. The van der Waals surface area contributed by atoms with E-state index in [0.717, 1.165) is 21.3 Å². The summed E-state index contributed by atoms with van der Waals surface area (Å²) in [5, 5.41) is 0. The Morgan fingerprint density at radius 2 is 1.10 bits per heavy atom. The maximum absolute atomic E-state index is 12.4. The van der Waals surface area contributed by atoms with E-state index in [9.17, 15) is 4.21 Å². The molecule has 0 N–H and O–H groups in total. The lowest BCUT2D eigenvalue weighted by atomic mass is 10.3. The Morgan fingerprint density at radius 1 is 0.750 bits per heavy atom. The number of rotatable bonds is 6. The third-order valence-corrected chi connectivity index (χ3v) is 4.10. The van der Waals surface area contributed by atoms with Crippen LogP contribution in [0.1, 0.15) is 13.8 Å². The molecular weight excluding hydrogens is 272 g/mol. The van der Waals surface area contributed by atoms with E-state index in [4.69, 9.17) is 9.47 Å². The molecule has 0 aliphatic heterocycles. The van der Waals surface area contributed by atoms with E-state index in [1.165, 1.54) is 0 Å². The summed E-state index contributed by atoms with van der Waals surface area (Å²) in [4.78, 5) is 1.52. The van der Waals surface area contributed by atoms with Crippen molar-refractivity contribution in [2.75, 3.05) is 13.2 Å². The zero-order chi connectivity index (χ0) is 14.4. The second-order valence-electron chi connectivity index (χ2n) is 4.08. The molecule has 0 aromatic heterocycles. The fourth-order valence-electron chi connectivity index (χ4n) is 1.79. The Balaban J connectivity index is 2.13. The van der Waals surface area contributed by atoms with E-state index in [1.807, 2.05) is 62.4 Å². The van der Waals surface area contributed by atoms with Crippen LogP contribution in [0.5, 0.6) is 11.5 Å². The predicted octanol–water partition coefficient (Wildman–Crippen LogP) is 3.65. The van der Waals surface area contributed by atoms with Gasteiger partial charge in [-0.25, -0.2) is 4.21 Å². The minimum atomic E-state index is -1.18. The molecule has 20 heavy (non-hydrogen) atoms. The van der Waals surface area contributed by atoms with Gasteiger partial charge in [0.25, 0.3) is 0 Å². The van der Waals surface area contributed by atoms with Gasteiger partial charge in [-0.3, -0.25) is 0 Å². The summed E-state index contributed by atoms with van der Waals surface area (Å²) in [6.07, 6.45) is 0. The Hall–Kier alpha value is -1.81. The number of hydrogen-bond acceptors (Lipinski definition) is 3. The first-order valence-corrected chi connectivity index (χ1v) is 7.77. The molecule has 0 aliphatic carbocycles. The first-order chi connectivity index (χ1) is 9.74. The lowest BCUT2D eigenvalue weighted by molar-refractivity contribution is 0.340. The summed E-state index contributed by atoms with van der Waals surface area (Å²) in [5.41, 5.74) is 0. The predicted molar refractivity (Wildman–Crippen MR) is 79.9 cm³/mol. The van der Waals surface area contributed by atoms with Crippen molar-refractivity contribution in [1.82, 2.24) is 0 Å². The van der Waals surface area contributed by atoms with Crippen molar-refractivity contribution in [1.29, 1.82) is 0 Å². The lowest BCUT2D eigenvalue weighted by Gasteiger charge is -2.06. The first kappa shape index (κ1) is 14.6. The van der Waals surface area contributed by atoms with Crippen LogP contribution < -0.4 is 9.47 Å². The molecule has 4 heteroatoms. The number of ether oxygens (including phenoxy) is 2. The van der Waals surface area contributed by atoms with Crippen molar-refractivity contribution in [2.24, 2.45) is 0 Å². The van der Waals surface area contributed by atoms with Gasteiger partial charge in [0.05, 0.1) is 24.0 Å². The Labute approximate surface area is 122 Å². The van der Waals surface area contributed by atoms with Crippen molar-refractivity contribution in [3.05, 3.63) is 48.5 Å². The summed E-state index contributed by atoms with van der Waals surface area (Å²) in [6.45, 7) is 5.13. The topological polar surface area (TPSA) is 35.5 Å². The van der Waals surface area contributed by atoms with Crippen molar-refractivity contribution >= 4 is 10.8 Å². The molecule has 0 atom stereocenters. The van der Waals surface area contributed by atoms with Gasteiger partial charge in [0.1, 0.15) is 11.5 Å². The van der Waals surface area contributed by atoms with E-state index >= 15 is 0 Å². The zero-order valence-electron chi connectivity index (χ0n) is 11.7. The highest BCUT2D eigenvalue weighted by Gasteiger charge is 2.07. The van der Waals surface area contributed by atoms with Gasteiger partial charge in [-0.05, 0) is 62.4 Å². The molecule has 0 unspecified atom stereocenters.